The molecule has 1 N–H and O–H groups in total. The van der Waals surface area contributed by atoms with E-state index in [1.165, 1.54) is 23.9 Å². The number of amides is 1. The number of nitrogens with zero attached hydrogens (tertiary/aromatic N) is 3. The van der Waals surface area contributed by atoms with Gasteiger partial charge in [0.1, 0.15) is 11.6 Å². The van der Waals surface area contributed by atoms with Crippen molar-refractivity contribution in [2.45, 2.75) is 30.4 Å². The molecule has 0 saturated heterocycles. The summed E-state index contributed by atoms with van der Waals surface area (Å²) in [6.07, 6.45) is 3.60. The summed E-state index contributed by atoms with van der Waals surface area (Å²) in [5, 5.41) is 7.25. The van der Waals surface area contributed by atoms with Crippen LogP contribution in [0, 0.1) is 5.82 Å². The van der Waals surface area contributed by atoms with Crippen molar-refractivity contribution in [2.24, 2.45) is 0 Å². The maximum absolute atomic E-state index is 13.4. The van der Waals surface area contributed by atoms with Gasteiger partial charge in [-0.3, -0.25) is 9.89 Å². The molecule has 4 rings (SSSR count). The van der Waals surface area contributed by atoms with Crippen LogP contribution < -0.4 is 0 Å². The summed E-state index contributed by atoms with van der Waals surface area (Å²) in [7, 11) is 0. The zero-order chi connectivity index (χ0) is 23.8. The fraction of sp³-hybridized carbons (Fsp3) is 0.148. The molecule has 0 aliphatic heterocycles. The Morgan fingerprint density at radius 1 is 0.941 bits per heavy atom. The molecule has 1 amide bonds. The predicted molar refractivity (Wildman–Crippen MR) is 134 cm³/mol. The first-order chi connectivity index (χ1) is 16.6. The van der Waals surface area contributed by atoms with Crippen LogP contribution in [0.5, 0.6) is 0 Å². The molecule has 1 aromatic heterocycles. The first-order valence-electron chi connectivity index (χ1n) is 11.0. The van der Waals surface area contributed by atoms with E-state index in [0.717, 1.165) is 16.7 Å². The minimum Gasteiger partial charge on any atom is -0.333 e. The van der Waals surface area contributed by atoms with Gasteiger partial charge in [-0.2, -0.15) is 0 Å². The second-order valence-corrected chi connectivity index (χ2v) is 9.12. The van der Waals surface area contributed by atoms with Gasteiger partial charge in [0.25, 0.3) is 0 Å². The van der Waals surface area contributed by atoms with E-state index in [2.05, 4.69) is 15.2 Å². The van der Waals surface area contributed by atoms with Gasteiger partial charge in [-0.1, -0.05) is 90.6 Å². The average Bonchev–Trinajstić information content (AvgIpc) is 3.31. The molecule has 7 heteroatoms. The van der Waals surface area contributed by atoms with Gasteiger partial charge in [-0.25, -0.2) is 9.37 Å². The first kappa shape index (κ1) is 23.4. The molecule has 0 fully saturated rings. The molecule has 1 heterocycles. The molecular formula is C27H25FN4OS. The second-order valence-electron chi connectivity index (χ2n) is 7.81. The van der Waals surface area contributed by atoms with Crippen LogP contribution in [-0.4, -0.2) is 31.2 Å². The van der Waals surface area contributed by atoms with E-state index in [4.69, 9.17) is 0 Å². The number of aromatic amines is 1. The Morgan fingerprint density at radius 3 is 2.12 bits per heavy atom. The Hall–Kier alpha value is -3.71. The first-order valence-corrected chi connectivity index (χ1v) is 11.8. The number of hydrogen-bond acceptors (Lipinski definition) is 4. The number of benzene rings is 3. The van der Waals surface area contributed by atoms with Gasteiger partial charge in [0.2, 0.25) is 11.1 Å². The average molecular weight is 473 g/mol. The highest BCUT2D eigenvalue weighted by molar-refractivity contribution is 8.00. The van der Waals surface area contributed by atoms with Crippen LogP contribution in [0.25, 0.3) is 12.2 Å². The molecule has 172 valence electrons. The molecule has 0 radical (unpaired) electrons. The van der Waals surface area contributed by atoms with Gasteiger partial charge < -0.3 is 4.90 Å². The topological polar surface area (TPSA) is 61.9 Å². The monoisotopic (exact) mass is 472 g/mol. The van der Waals surface area contributed by atoms with Crippen LogP contribution in [0.15, 0.2) is 90.1 Å². The van der Waals surface area contributed by atoms with Gasteiger partial charge in [0, 0.05) is 13.1 Å². The minimum atomic E-state index is -0.364. The van der Waals surface area contributed by atoms with E-state index in [9.17, 15) is 9.18 Å². The van der Waals surface area contributed by atoms with Crippen molar-refractivity contribution in [3.63, 3.8) is 0 Å². The summed E-state index contributed by atoms with van der Waals surface area (Å²) in [4.78, 5) is 19.7. The second kappa shape index (κ2) is 11.4. The van der Waals surface area contributed by atoms with Gasteiger partial charge in [-0.15, -0.1) is 5.10 Å². The third kappa shape index (κ3) is 6.65. The number of rotatable bonds is 9. The van der Waals surface area contributed by atoms with E-state index in [1.54, 1.807) is 18.2 Å². The van der Waals surface area contributed by atoms with Crippen molar-refractivity contribution in [1.29, 1.82) is 0 Å². The third-order valence-electron chi connectivity index (χ3n) is 5.16. The molecule has 3 aromatic carbocycles. The number of thioether (sulfide) groups is 1. The van der Waals surface area contributed by atoms with Crippen molar-refractivity contribution in [2.75, 3.05) is 0 Å². The predicted octanol–water partition coefficient (Wildman–Crippen LogP) is 5.82. The number of nitrogens with one attached hydrogen (secondary N) is 1. The summed E-state index contributed by atoms with van der Waals surface area (Å²) in [5.41, 5.74) is 3.01. The zero-order valence-electron chi connectivity index (χ0n) is 18.8. The molecule has 4 aromatic rings. The largest absolute Gasteiger partial charge is 0.333 e. The van der Waals surface area contributed by atoms with Crippen molar-refractivity contribution >= 4 is 29.8 Å². The summed E-state index contributed by atoms with van der Waals surface area (Å²) in [5.74, 6) is 0.311. The maximum atomic E-state index is 13.4. The number of carbonyl (C=O) groups excluding carboxylic acids is 1. The summed E-state index contributed by atoms with van der Waals surface area (Å²) < 4.78 is 13.1. The maximum Gasteiger partial charge on any atom is 0.236 e. The molecule has 5 nitrogen and oxygen atoms in total. The van der Waals surface area contributed by atoms with E-state index in [1.807, 2.05) is 78.6 Å². The van der Waals surface area contributed by atoms with Gasteiger partial charge in [-0.05, 0) is 41.8 Å². The number of H-pyrrole nitrogens is 1. The molecule has 0 spiro atoms. The molecule has 0 unspecified atom stereocenters. The Balaban J connectivity index is 1.43. The van der Waals surface area contributed by atoms with Crippen LogP contribution in [0.3, 0.4) is 0 Å². The fourth-order valence-electron chi connectivity index (χ4n) is 3.42. The summed E-state index contributed by atoms with van der Waals surface area (Å²) in [6, 6.07) is 26.1. The van der Waals surface area contributed by atoms with Crippen molar-refractivity contribution in [3.8, 4) is 0 Å². The van der Waals surface area contributed by atoms with Crippen LogP contribution >= 0.6 is 11.8 Å². The molecule has 0 aliphatic carbocycles. The number of hydrogen-bond donors (Lipinski definition) is 1. The Morgan fingerprint density at radius 2 is 1.53 bits per heavy atom. The van der Waals surface area contributed by atoms with Crippen LogP contribution in [0.2, 0.25) is 0 Å². The van der Waals surface area contributed by atoms with Crippen molar-refractivity contribution < 1.29 is 9.18 Å². The Kier molecular flexibility index (Phi) is 7.88. The molecule has 0 saturated carbocycles. The van der Waals surface area contributed by atoms with Crippen molar-refractivity contribution in [1.82, 2.24) is 20.1 Å². The lowest BCUT2D eigenvalue weighted by molar-refractivity contribution is -0.131. The fourth-order valence-corrected chi connectivity index (χ4v) is 4.23. The Labute approximate surface area is 202 Å². The minimum absolute atomic E-state index is 0.0194. The highest BCUT2D eigenvalue weighted by atomic mass is 32.2. The van der Waals surface area contributed by atoms with Crippen LogP contribution in [-0.2, 0) is 17.9 Å². The Bertz CT molecular complexity index is 1190. The lowest BCUT2D eigenvalue weighted by Gasteiger charge is -2.25. The lowest BCUT2D eigenvalue weighted by atomic mass is 10.1. The highest BCUT2D eigenvalue weighted by Crippen LogP contribution is 2.23. The smallest absolute Gasteiger partial charge is 0.236 e. The van der Waals surface area contributed by atoms with Crippen LogP contribution in [0.4, 0.5) is 4.39 Å². The number of aromatic nitrogens is 3. The quantitative estimate of drug-likeness (QED) is 0.312. The third-order valence-corrected chi connectivity index (χ3v) is 6.11. The van der Waals surface area contributed by atoms with Crippen molar-refractivity contribution in [3.05, 3.63) is 113 Å². The lowest BCUT2D eigenvalue weighted by Crippen LogP contribution is -2.35. The molecular weight excluding hydrogens is 447 g/mol. The molecule has 0 aliphatic rings. The van der Waals surface area contributed by atoms with Crippen LogP contribution in [0.1, 0.15) is 29.4 Å². The van der Waals surface area contributed by atoms with Gasteiger partial charge >= 0.3 is 0 Å². The normalized spacial score (nSPS) is 12.1. The van der Waals surface area contributed by atoms with Gasteiger partial charge in [0.15, 0.2) is 0 Å². The molecule has 1 atom stereocenters. The van der Waals surface area contributed by atoms with Gasteiger partial charge in [0.05, 0.1) is 5.25 Å². The number of carbonyl (C=O) groups is 1. The summed E-state index contributed by atoms with van der Waals surface area (Å²) >= 11 is 1.32. The molecule has 34 heavy (non-hydrogen) atoms. The van der Waals surface area contributed by atoms with E-state index < -0.39 is 0 Å². The van der Waals surface area contributed by atoms with E-state index >= 15 is 0 Å². The van der Waals surface area contributed by atoms with E-state index in [-0.39, 0.29) is 17.0 Å². The standard InChI is InChI=1S/C27H25FN4OS/c1-20(34-27-29-25(30-31-27)17-14-21-12-15-24(28)16-13-21)26(33)32(18-22-8-4-2-5-9-22)19-23-10-6-3-7-11-23/h2-17,20H,18-19H2,1H3,(H,29,30,31)/b17-14-/t20-/m1/s1. The molecule has 0 bridgehead atoms. The zero-order valence-corrected chi connectivity index (χ0v) is 19.6. The summed E-state index contributed by atoms with van der Waals surface area (Å²) in [6.45, 7) is 2.93. The SMILES string of the molecule is C[C@@H](Sc1n[nH]c(/C=C\c2ccc(F)cc2)n1)C(=O)N(Cc1ccccc1)Cc1ccccc1. The number of halogens is 1. The van der Waals surface area contributed by atoms with E-state index in [0.29, 0.717) is 24.1 Å². The highest BCUT2D eigenvalue weighted by Gasteiger charge is 2.23.